The molecule has 0 aliphatic carbocycles. The van der Waals surface area contributed by atoms with Crippen LogP contribution in [0.3, 0.4) is 0 Å². The summed E-state index contributed by atoms with van der Waals surface area (Å²) in [6.07, 6.45) is 0.581. The highest BCUT2D eigenvalue weighted by Crippen LogP contribution is 2.49. The van der Waals surface area contributed by atoms with Crippen molar-refractivity contribution in [2.24, 2.45) is 0 Å². The molecule has 0 saturated carbocycles. The highest BCUT2D eigenvalue weighted by molar-refractivity contribution is 6.30. The molecule has 2 atom stereocenters. The Hall–Kier alpha value is -3.91. The molecular weight excluding hydrogens is 504 g/mol. The van der Waals surface area contributed by atoms with Gasteiger partial charge in [-0.15, -0.1) is 0 Å². The number of halogens is 1. The summed E-state index contributed by atoms with van der Waals surface area (Å²) in [5.41, 5.74) is 2.35. The van der Waals surface area contributed by atoms with Crippen molar-refractivity contribution in [3.05, 3.63) is 82.9 Å². The second-order valence-corrected chi connectivity index (χ2v) is 10.4. The highest BCUT2D eigenvalue weighted by Gasteiger charge is 2.50. The number of nitrogens with one attached hydrogen (secondary N) is 1. The minimum atomic E-state index is -0.905. The van der Waals surface area contributed by atoms with Crippen molar-refractivity contribution in [3.63, 3.8) is 0 Å². The molecule has 8 nitrogen and oxygen atoms in total. The average Bonchev–Trinajstić information content (AvgIpc) is 2.93. The number of carbonyl (C=O) groups is 2. The standard InChI is InChI=1S/C29H29ClN4O4/c1-29-18-24(23-4-3-5-25(37-2)26(23)38-29)31-28(36)34(29)22-10-6-19(7-11-22)27(35)33-16-14-32(15-17-33)21-12-8-20(30)9-13-21/h3-13,24H,14-18H2,1-2H3,(H,31,36)/t24-,29+/m1/s1. The maximum Gasteiger partial charge on any atom is 0.325 e. The Morgan fingerprint density at radius 2 is 1.68 bits per heavy atom. The molecule has 2 fully saturated rings. The average molecular weight is 533 g/mol. The fourth-order valence-corrected chi connectivity index (χ4v) is 5.79. The Morgan fingerprint density at radius 3 is 2.37 bits per heavy atom. The van der Waals surface area contributed by atoms with Gasteiger partial charge in [-0.1, -0.05) is 23.7 Å². The number of benzene rings is 3. The van der Waals surface area contributed by atoms with E-state index in [1.807, 2.05) is 66.4 Å². The minimum absolute atomic E-state index is 0.0192. The lowest BCUT2D eigenvalue weighted by molar-refractivity contribution is 0.0349. The van der Waals surface area contributed by atoms with Crippen LogP contribution in [0.5, 0.6) is 11.5 Å². The van der Waals surface area contributed by atoms with Crippen molar-refractivity contribution in [1.29, 1.82) is 0 Å². The van der Waals surface area contributed by atoms with Crippen molar-refractivity contribution in [3.8, 4) is 11.5 Å². The number of urea groups is 1. The molecule has 3 amide bonds. The van der Waals surface area contributed by atoms with Gasteiger partial charge in [-0.05, 0) is 61.5 Å². The maximum absolute atomic E-state index is 13.2. The predicted molar refractivity (Wildman–Crippen MR) is 146 cm³/mol. The van der Waals surface area contributed by atoms with Crippen LogP contribution in [0.15, 0.2) is 66.7 Å². The molecule has 3 aromatic carbocycles. The van der Waals surface area contributed by atoms with Gasteiger partial charge in [-0.2, -0.15) is 0 Å². The highest BCUT2D eigenvalue weighted by atomic mass is 35.5. The fourth-order valence-electron chi connectivity index (χ4n) is 5.67. The van der Waals surface area contributed by atoms with Crippen molar-refractivity contribution in [2.75, 3.05) is 43.1 Å². The molecule has 196 valence electrons. The van der Waals surface area contributed by atoms with E-state index in [-0.39, 0.29) is 18.0 Å². The third kappa shape index (κ3) is 4.19. The monoisotopic (exact) mass is 532 g/mol. The summed E-state index contributed by atoms with van der Waals surface area (Å²) in [7, 11) is 1.61. The Kier molecular flexibility index (Phi) is 6.07. The molecular formula is C29H29ClN4O4. The van der Waals surface area contributed by atoms with E-state index in [0.717, 1.165) is 24.3 Å². The maximum atomic E-state index is 13.2. The Bertz CT molecular complexity index is 1370. The molecule has 3 heterocycles. The first kappa shape index (κ1) is 24.4. The Morgan fingerprint density at radius 1 is 1.00 bits per heavy atom. The Labute approximate surface area is 226 Å². The summed E-state index contributed by atoms with van der Waals surface area (Å²) in [5, 5.41) is 3.81. The smallest absolute Gasteiger partial charge is 0.325 e. The summed E-state index contributed by atoms with van der Waals surface area (Å²) in [4.78, 5) is 32.2. The molecule has 0 spiro atoms. The van der Waals surface area contributed by atoms with Crippen LogP contribution < -0.4 is 24.6 Å². The van der Waals surface area contributed by atoms with Crippen LogP contribution in [0, 0.1) is 0 Å². The van der Waals surface area contributed by atoms with Gasteiger partial charge < -0.3 is 24.6 Å². The molecule has 2 bridgehead atoms. The van der Waals surface area contributed by atoms with Crippen molar-refractivity contribution in [1.82, 2.24) is 10.2 Å². The predicted octanol–water partition coefficient (Wildman–Crippen LogP) is 5.08. The van der Waals surface area contributed by atoms with Gasteiger partial charge >= 0.3 is 6.03 Å². The van der Waals surface area contributed by atoms with Crippen molar-refractivity contribution < 1.29 is 19.1 Å². The first-order valence-corrected chi connectivity index (χ1v) is 13.1. The molecule has 3 aliphatic heterocycles. The largest absolute Gasteiger partial charge is 0.493 e. The van der Waals surface area contributed by atoms with Crippen LogP contribution in [0.4, 0.5) is 16.2 Å². The van der Waals surface area contributed by atoms with Gasteiger partial charge in [0.2, 0.25) is 0 Å². The van der Waals surface area contributed by atoms with Crippen molar-refractivity contribution >= 4 is 34.9 Å². The summed E-state index contributed by atoms with van der Waals surface area (Å²) in [6, 6.07) is 20.2. The van der Waals surface area contributed by atoms with E-state index >= 15 is 0 Å². The van der Waals surface area contributed by atoms with Gasteiger partial charge in [0.25, 0.3) is 5.91 Å². The number of hydrogen-bond acceptors (Lipinski definition) is 5. The van der Waals surface area contributed by atoms with E-state index < -0.39 is 5.72 Å². The molecule has 3 aliphatic rings. The van der Waals surface area contributed by atoms with E-state index in [1.165, 1.54) is 0 Å². The van der Waals surface area contributed by atoms with Crippen LogP contribution in [-0.2, 0) is 0 Å². The van der Waals surface area contributed by atoms with Gasteiger partial charge in [0.15, 0.2) is 17.2 Å². The van der Waals surface area contributed by atoms with E-state index in [1.54, 1.807) is 24.1 Å². The van der Waals surface area contributed by atoms with Gasteiger partial charge in [0.1, 0.15) is 0 Å². The number of ether oxygens (including phenoxy) is 2. The van der Waals surface area contributed by atoms with Crippen LogP contribution >= 0.6 is 11.6 Å². The molecule has 0 radical (unpaired) electrons. The number of amides is 3. The van der Waals surface area contributed by atoms with E-state index in [0.29, 0.717) is 47.3 Å². The molecule has 1 N–H and O–H groups in total. The lowest BCUT2D eigenvalue weighted by Gasteiger charge is -2.50. The molecule has 9 heteroatoms. The molecule has 2 saturated heterocycles. The first-order valence-electron chi connectivity index (χ1n) is 12.7. The van der Waals surface area contributed by atoms with Crippen molar-refractivity contribution in [2.45, 2.75) is 25.1 Å². The second-order valence-electron chi connectivity index (χ2n) is 10.00. The summed E-state index contributed by atoms with van der Waals surface area (Å²) >= 11 is 6.01. The fraction of sp³-hybridized carbons (Fsp3) is 0.310. The SMILES string of the molecule is COc1cccc2c1O[C@@]1(C)C[C@H]2NC(=O)N1c1ccc(C(=O)N2CCN(c3ccc(Cl)cc3)CC2)cc1. The number of para-hydroxylation sites is 1. The molecule has 6 rings (SSSR count). The number of nitrogens with zero attached hydrogens (tertiary/aromatic N) is 3. The molecule has 3 aromatic rings. The van der Waals surface area contributed by atoms with Crippen LogP contribution in [0.2, 0.25) is 5.02 Å². The quantitative estimate of drug-likeness (QED) is 0.507. The molecule has 38 heavy (non-hydrogen) atoms. The van der Waals surface area contributed by atoms with E-state index in [2.05, 4.69) is 10.2 Å². The normalized spacial score (nSPS) is 22.3. The third-order valence-electron chi connectivity index (χ3n) is 7.61. The van der Waals surface area contributed by atoms with Gasteiger partial charge in [0, 0.05) is 60.1 Å². The van der Waals surface area contributed by atoms with Gasteiger partial charge in [0.05, 0.1) is 13.2 Å². The summed E-state index contributed by atoms with van der Waals surface area (Å²) in [5.74, 6) is 1.25. The van der Waals surface area contributed by atoms with E-state index in [9.17, 15) is 9.59 Å². The number of anilines is 2. The first-order chi connectivity index (χ1) is 18.4. The number of methoxy groups -OCH3 is 1. The van der Waals surface area contributed by atoms with Gasteiger partial charge in [-0.3, -0.25) is 9.69 Å². The van der Waals surface area contributed by atoms with Crippen LogP contribution in [-0.4, -0.2) is 55.9 Å². The minimum Gasteiger partial charge on any atom is -0.493 e. The number of rotatable bonds is 4. The Balaban J connectivity index is 1.17. The van der Waals surface area contributed by atoms with Gasteiger partial charge in [-0.25, -0.2) is 4.79 Å². The topological polar surface area (TPSA) is 74.3 Å². The van der Waals surface area contributed by atoms with Crippen LogP contribution in [0.1, 0.15) is 35.3 Å². The third-order valence-corrected chi connectivity index (χ3v) is 7.87. The number of fused-ring (bicyclic) bond motifs is 4. The zero-order valence-corrected chi connectivity index (χ0v) is 22.1. The summed E-state index contributed by atoms with van der Waals surface area (Å²) in [6.45, 7) is 4.67. The lowest BCUT2D eigenvalue weighted by Crippen LogP contribution is -2.65. The molecule has 0 unspecified atom stereocenters. The second kappa shape index (κ2) is 9.44. The number of carbonyl (C=O) groups excluding carboxylic acids is 2. The lowest BCUT2D eigenvalue weighted by atomic mass is 9.90. The van der Waals surface area contributed by atoms with E-state index in [4.69, 9.17) is 21.1 Å². The zero-order chi connectivity index (χ0) is 26.4. The van der Waals surface area contributed by atoms with Crippen LogP contribution in [0.25, 0.3) is 0 Å². The zero-order valence-electron chi connectivity index (χ0n) is 21.3. The summed E-state index contributed by atoms with van der Waals surface area (Å²) < 4.78 is 11.9. The molecule has 0 aromatic heterocycles. The number of piperazine rings is 1. The number of hydrogen-bond donors (Lipinski definition) is 1.